The highest BCUT2D eigenvalue weighted by Gasteiger charge is 2.23. The number of anilines is 2. The molecule has 11 heteroatoms. The number of carbonyl (C=O) groups is 1. The predicted octanol–water partition coefficient (Wildman–Crippen LogP) is 3.38. The maximum atomic E-state index is 14.6. The van der Waals surface area contributed by atoms with Crippen LogP contribution in [0.5, 0.6) is 0 Å². The van der Waals surface area contributed by atoms with Crippen LogP contribution in [0, 0.1) is 11.6 Å². The number of rotatable bonds is 6. The van der Waals surface area contributed by atoms with Crippen molar-refractivity contribution in [1.29, 1.82) is 0 Å². The van der Waals surface area contributed by atoms with Crippen molar-refractivity contribution in [2.24, 2.45) is 0 Å². The molecule has 1 amide bonds. The largest absolute Gasteiger partial charge is 0.343 e. The average Bonchev–Trinajstić information content (AvgIpc) is 3.05. The number of halogens is 2. The van der Waals surface area contributed by atoms with Gasteiger partial charge in [0.05, 0.1) is 35.2 Å². The van der Waals surface area contributed by atoms with Gasteiger partial charge in [-0.3, -0.25) is 9.52 Å². The second kappa shape index (κ2) is 7.27. The SMILES string of the molecule is CCCS(=O)(=O)Nc1ccc(F)c(C(=O)Nc2cnc3nc[nH]c3c2)c1F.[HH].[HH].[HH]. The first-order chi connectivity index (χ1) is 12.8. The Morgan fingerprint density at radius 3 is 2.81 bits per heavy atom. The van der Waals surface area contributed by atoms with Crippen LogP contribution in [0.3, 0.4) is 0 Å². The van der Waals surface area contributed by atoms with Gasteiger partial charge in [0.2, 0.25) is 10.0 Å². The molecule has 2 heterocycles. The lowest BCUT2D eigenvalue weighted by Crippen LogP contribution is -2.20. The van der Waals surface area contributed by atoms with Gasteiger partial charge in [0, 0.05) is 4.28 Å². The van der Waals surface area contributed by atoms with Gasteiger partial charge in [-0.15, -0.1) is 0 Å². The molecule has 0 bridgehead atoms. The summed E-state index contributed by atoms with van der Waals surface area (Å²) in [6.45, 7) is 1.64. The number of amides is 1. The fourth-order valence-corrected chi connectivity index (χ4v) is 3.55. The van der Waals surface area contributed by atoms with Crippen molar-refractivity contribution in [3.63, 3.8) is 0 Å². The fraction of sp³-hybridized carbons (Fsp3) is 0.188. The lowest BCUT2D eigenvalue weighted by atomic mass is 10.1. The Hall–Kier alpha value is -3.08. The van der Waals surface area contributed by atoms with Crippen molar-refractivity contribution < 1.29 is 26.3 Å². The van der Waals surface area contributed by atoms with Crippen molar-refractivity contribution in [3.8, 4) is 0 Å². The zero-order valence-corrected chi connectivity index (χ0v) is 14.9. The van der Waals surface area contributed by atoms with E-state index in [1.165, 1.54) is 18.6 Å². The number of nitrogens with one attached hydrogen (secondary N) is 3. The summed E-state index contributed by atoms with van der Waals surface area (Å²) >= 11 is 0. The Bertz CT molecular complexity index is 1130. The number of pyridine rings is 1. The zero-order chi connectivity index (χ0) is 19.6. The quantitative estimate of drug-likeness (QED) is 0.585. The molecule has 0 aliphatic carbocycles. The van der Waals surface area contributed by atoms with Crippen LogP contribution < -0.4 is 10.0 Å². The number of imidazole rings is 1. The fourth-order valence-electron chi connectivity index (χ4n) is 2.42. The third-order valence-corrected chi connectivity index (χ3v) is 5.06. The van der Waals surface area contributed by atoms with Gasteiger partial charge in [0.1, 0.15) is 11.4 Å². The minimum atomic E-state index is -3.80. The minimum absolute atomic E-state index is 0. The maximum absolute atomic E-state index is 14.6. The first-order valence-electron chi connectivity index (χ1n) is 7.89. The lowest BCUT2D eigenvalue weighted by molar-refractivity contribution is 0.101. The van der Waals surface area contributed by atoms with Crippen LogP contribution >= 0.6 is 0 Å². The van der Waals surface area contributed by atoms with Crippen LogP contribution in [-0.4, -0.2) is 35.0 Å². The third kappa shape index (κ3) is 4.03. The summed E-state index contributed by atoms with van der Waals surface area (Å²) in [5.41, 5.74) is -0.284. The highest BCUT2D eigenvalue weighted by Crippen LogP contribution is 2.24. The summed E-state index contributed by atoms with van der Waals surface area (Å²) in [6, 6.07) is 3.24. The van der Waals surface area contributed by atoms with E-state index in [1.807, 2.05) is 4.72 Å². The van der Waals surface area contributed by atoms with Gasteiger partial charge in [0.15, 0.2) is 11.5 Å². The Morgan fingerprint density at radius 1 is 1.30 bits per heavy atom. The number of sulfonamides is 1. The molecule has 0 aliphatic heterocycles. The van der Waals surface area contributed by atoms with Gasteiger partial charge in [-0.1, -0.05) is 6.92 Å². The Labute approximate surface area is 157 Å². The first kappa shape index (κ1) is 18.7. The smallest absolute Gasteiger partial charge is 0.261 e. The van der Waals surface area contributed by atoms with Crippen LogP contribution in [-0.2, 0) is 10.0 Å². The summed E-state index contributed by atoms with van der Waals surface area (Å²) in [4.78, 5) is 23.0. The second-order valence-corrected chi connectivity index (χ2v) is 7.50. The highest BCUT2D eigenvalue weighted by molar-refractivity contribution is 7.92. The Kier molecular flexibility index (Phi) is 5.04. The molecule has 0 fully saturated rings. The monoisotopic (exact) mass is 401 g/mol. The van der Waals surface area contributed by atoms with E-state index in [4.69, 9.17) is 0 Å². The number of hydrogen-bond donors (Lipinski definition) is 3. The molecular weight excluding hydrogens is 380 g/mol. The van der Waals surface area contributed by atoms with Crippen LogP contribution in [0.15, 0.2) is 30.7 Å². The van der Waals surface area contributed by atoms with Crippen LogP contribution in [0.25, 0.3) is 11.2 Å². The first-order valence-corrected chi connectivity index (χ1v) is 9.55. The van der Waals surface area contributed by atoms with E-state index < -0.39 is 38.8 Å². The van der Waals surface area contributed by atoms with Crippen molar-refractivity contribution in [2.45, 2.75) is 13.3 Å². The molecule has 3 aromatic rings. The summed E-state index contributed by atoms with van der Waals surface area (Å²) in [5.74, 6) is -3.75. The highest BCUT2D eigenvalue weighted by atomic mass is 32.2. The predicted molar refractivity (Wildman–Crippen MR) is 102 cm³/mol. The van der Waals surface area contributed by atoms with E-state index in [0.29, 0.717) is 17.6 Å². The van der Waals surface area contributed by atoms with Gasteiger partial charge < -0.3 is 10.3 Å². The number of hydrogen-bond acceptors (Lipinski definition) is 5. The standard InChI is InChI=1S/C16H15F2N5O3S.3H2/c1-2-5-27(25,26)23-11-4-3-10(17)13(14(11)18)16(24)22-9-6-12-15(19-7-9)21-8-20-12;;;/h3-4,6-8,23H,2,5H2,1H3,(H,22,24)(H,19,20,21);3*1H. The van der Waals surface area contributed by atoms with E-state index in [1.54, 1.807) is 6.92 Å². The molecular formula is C16H21F2N5O3S. The molecule has 27 heavy (non-hydrogen) atoms. The van der Waals surface area contributed by atoms with Crippen molar-refractivity contribution >= 4 is 38.5 Å². The molecule has 0 aliphatic rings. The molecule has 1 aromatic carbocycles. The van der Waals surface area contributed by atoms with E-state index in [2.05, 4.69) is 20.3 Å². The van der Waals surface area contributed by atoms with E-state index in [-0.39, 0.29) is 15.7 Å². The van der Waals surface area contributed by atoms with Gasteiger partial charge in [-0.2, -0.15) is 0 Å². The molecule has 0 radical (unpaired) electrons. The molecule has 3 N–H and O–H groups in total. The molecule has 0 saturated carbocycles. The van der Waals surface area contributed by atoms with Gasteiger partial charge in [0.25, 0.3) is 5.91 Å². The summed E-state index contributed by atoms with van der Waals surface area (Å²) in [6.07, 6.45) is 3.01. The van der Waals surface area contributed by atoms with Crippen LogP contribution in [0.1, 0.15) is 28.0 Å². The zero-order valence-electron chi connectivity index (χ0n) is 14.1. The number of nitrogens with zero attached hydrogens (tertiary/aromatic N) is 2. The number of H-pyrrole nitrogens is 1. The van der Waals surface area contributed by atoms with E-state index in [9.17, 15) is 22.0 Å². The summed E-state index contributed by atoms with van der Waals surface area (Å²) in [5, 5.41) is 2.33. The number of benzene rings is 1. The third-order valence-electron chi connectivity index (χ3n) is 3.59. The number of carbonyl (C=O) groups excluding carboxylic acids is 1. The van der Waals surface area contributed by atoms with Gasteiger partial charge in [-0.05, 0) is 24.6 Å². The Morgan fingerprint density at radius 2 is 2.07 bits per heavy atom. The molecule has 3 rings (SSSR count). The van der Waals surface area contributed by atoms with E-state index in [0.717, 1.165) is 12.1 Å². The van der Waals surface area contributed by atoms with Gasteiger partial charge in [-0.25, -0.2) is 27.2 Å². The van der Waals surface area contributed by atoms with Crippen molar-refractivity contribution in [2.75, 3.05) is 15.8 Å². The molecule has 8 nitrogen and oxygen atoms in total. The topological polar surface area (TPSA) is 117 Å². The molecule has 2 aromatic heterocycles. The van der Waals surface area contributed by atoms with Crippen molar-refractivity contribution in [1.82, 2.24) is 15.0 Å². The molecule has 0 saturated heterocycles. The molecule has 0 atom stereocenters. The summed E-state index contributed by atoms with van der Waals surface area (Å²) in [7, 11) is -3.80. The lowest BCUT2D eigenvalue weighted by Gasteiger charge is -2.12. The normalized spacial score (nSPS) is 11.5. The van der Waals surface area contributed by atoms with Crippen LogP contribution in [0.2, 0.25) is 0 Å². The number of fused-ring (bicyclic) bond motifs is 1. The van der Waals surface area contributed by atoms with Gasteiger partial charge >= 0.3 is 0 Å². The average molecular weight is 401 g/mol. The molecule has 0 spiro atoms. The Balaban J connectivity index is 0.00000280. The summed E-state index contributed by atoms with van der Waals surface area (Å²) < 4.78 is 54.3. The second-order valence-electron chi connectivity index (χ2n) is 5.66. The van der Waals surface area contributed by atoms with E-state index >= 15 is 0 Å². The molecule has 148 valence electrons. The number of aromatic amines is 1. The van der Waals surface area contributed by atoms with Crippen molar-refractivity contribution in [3.05, 3.63) is 47.9 Å². The molecule has 0 unspecified atom stereocenters. The minimum Gasteiger partial charge on any atom is -0.343 e. The number of aromatic nitrogens is 3. The van der Waals surface area contributed by atoms with Crippen LogP contribution in [0.4, 0.5) is 20.2 Å². The maximum Gasteiger partial charge on any atom is 0.261 e.